The van der Waals surface area contributed by atoms with Gasteiger partial charge in [-0.1, -0.05) is 12.8 Å². The van der Waals surface area contributed by atoms with E-state index in [1.54, 1.807) is 5.92 Å². The second kappa shape index (κ2) is 4.62. The molecule has 1 aliphatic rings. The SMILES string of the molecule is [CH2+]CCC[C]1CC[N-]CC1. The van der Waals surface area contributed by atoms with E-state index in [0.29, 0.717) is 0 Å². The van der Waals surface area contributed by atoms with Crippen LogP contribution >= 0.6 is 0 Å². The lowest BCUT2D eigenvalue weighted by atomic mass is 9.93. The summed E-state index contributed by atoms with van der Waals surface area (Å²) in [4.78, 5) is 0. The summed E-state index contributed by atoms with van der Waals surface area (Å²) >= 11 is 0. The van der Waals surface area contributed by atoms with E-state index in [-0.39, 0.29) is 0 Å². The summed E-state index contributed by atoms with van der Waals surface area (Å²) in [6.45, 7) is 5.99. The summed E-state index contributed by atoms with van der Waals surface area (Å²) in [5.41, 5.74) is 0. The number of nitrogens with zero attached hydrogens (tertiary/aromatic N) is 1. The summed E-state index contributed by atoms with van der Waals surface area (Å²) in [7, 11) is 0. The number of hydrogen-bond acceptors (Lipinski definition) is 0. The Labute approximate surface area is 64.2 Å². The minimum atomic E-state index is 1.08. The van der Waals surface area contributed by atoms with Crippen LogP contribution in [0.4, 0.5) is 0 Å². The van der Waals surface area contributed by atoms with Crippen molar-refractivity contribution in [3.63, 3.8) is 0 Å². The average Bonchev–Trinajstić information content (AvgIpc) is 2.03. The van der Waals surface area contributed by atoms with E-state index < -0.39 is 0 Å². The molecule has 0 N–H and O–H groups in total. The quantitative estimate of drug-likeness (QED) is 0.532. The zero-order valence-corrected chi connectivity index (χ0v) is 6.60. The Hall–Kier alpha value is -0.170. The highest BCUT2D eigenvalue weighted by atomic mass is 14.9. The molecular formula is C9H16N. The second-order valence-electron chi connectivity index (χ2n) is 2.88. The molecule has 0 aromatic heterocycles. The molecule has 1 rings (SSSR count). The van der Waals surface area contributed by atoms with Crippen LogP contribution in [0.5, 0.6) is 0 Å². The third-order valence-electron chi connectivity index (χ3n) is 2.03. The van der Waals surface area contributed by atoms with Crippen molar-refractivity contribution >= 4 is 0 Å². The fourth-order valence-electron chi connectivity index (χ4n) is 1.34. The van der Waals surface area contributed by atoms with E-state index in [4.69, 9.17) is 0 Å². The van der Waals surface area contributed by atoms with E-state index >= 15 is 0 Å². The molecule has 0 unspecified atom stereocenters. The molecule has 0 spiro atoms. The van der Waals surface area contributed by atoms with E-state index in [0.717, 1.165) is 19.5 Å². The number of hydrogen-bond donors (Lipinski definition) is 0. The lowest BCUT2D eigenvalue weighted by Crippen LogP contribution is -2.09. The summed E-state index contributed by atoms with van der Waals surface area (Å²) in [6.07, 6.45) is 6.16. The van der Waals surface area contributed by atoms with Gasteiger partial charge in [-0.2, -0.15) is 0 Å². The van der Waals surface area contributed by atoms with E-state index in [1.165, 1.54) is 25.7 Å². The Balaban J connectivity index is 2.02. The van der Waals surface area contributed by atoms with E-state index in [9.17, 15) is 0 Å². The maximum Gasteiger partial charge on any atom is 0.0850 e. The zero-order chi connectivity index (χ0) is 7.23. The van der Waals surface area contributed by atoms with E-state index in [1.807, 2.05) is 0 Å². The maximum absolute atomic E-state index is 4.30. The summed E-state index contributed by atoms with van der Waals surface area (Å²) in [5, 5.41) is 4.30. The van der Waals surface area contributed by atoms with Crippen molar-refractivity contribution in [1.29, 1.82) is 0 Å². The molecule has 1 heteroatoms. The smallest absolute Gasteiger partial charge is 0.0850 e. The van der Waals surface area contributed by atoms with Gasteiger partial charge in [0.05, 0.1) is 13.3 Å². The molecule has 1 heterocycles. The lowest BCUT2D eigenvalue weighted by molar-refractivity contribution is 0.616. The topological polar surface area (TPSA) is 14.1 Å². The molecule has 0 aromatic rings. The van der Waals surface area contributed by atoms with Crippen molar-refractivity contribution in [3.8, 4) is 0 Å². The van der Waals surface area contributed by atoms with Crippen molar-refractivity contribution in [3.05, 3.63) is 18.2 Å². The minimum absolute atomic E-state index is 1.08. The Morgan fingerprint density at radius 1 is 1.30 bits per heavy atom. The van der Waals surface area contributed by atoms with Crippen molar-refractivity contribution < 1.29 is 0 Å². The van der Waals surface area contributed by atoms with Gasteiger partial charge in [-0.25, -0.2) is 0 Å². The molecule has 0 saturated carbocycles. The summed E-state index contributed by atoms with van der Waals surface area (Å²) in [6, 6.07) is 0. The van der Waals surface area contributed by atoms with Crippen molar-refractivity contribution in [1.82, 2.24) is 0 Å². The van der Waals surface area contributed by atoms with Gasteiger partial charge in [0, 0.05) is 0 Å². The van der Waals surface area contributed by atoms with Gasteiger partial charge >= 0.3 is 0 Å². The second-order valence-corrected chi connectivity index (χ2v) is 2.88. The number of piperidine rings is 1. The Kier molecular flexibility index (Phi) is 3.66. The standard InChI is InChI=1S/C9H16N/c1-2-3-4-9-5-7-10-8-6-9/h1-8H2. The lowest BCUT2D eigenvalue weighted by Gasteiger charge is -2.31. The molecule has 1 aliphatic heterocycles. The summed E-state index contributed by atoms with van der Waals surface area (Å²) in [5.74, 6) is 1.72. The molecule has 0 bridgehead atoms. The first-order valence-electron chi connectivity index (χ1n) is 4.19. The average molecular weight is 138 g/mol. The van der Waals surface area contributed by atoms with Crippen LogP contribution in [0.2, 0.25) is 0 Å². The fourth-order valence-corrected chi connectivity index (χ4v) is 1.34. The molecule has 10 heavy (non-hydrogen) atoms. The van der Waals surface area contributed by atoms with Crippen LogP contribution in [0.3, 0.4) is 0 Å². The number of unbranched alkanes of at least 4 members (excludes halogenated alkanes) is 1. The van der Waals surface area contributed by atoms with Gasteiger partial charge in [-0.05, 0) is 18.8 Å². The molecule has 0 amide bonds. The van der Waals surface area contributed by atoms with Crippen LogP contribution in [0.25, 0.3) is 5.32 Å². The van der Waals surface area contributed by atoms with Crippen molar-refractivity contribution in [2.24, 2.45) is 0 Å². The van der Waals surface area contributed by atoms with Crippen LogP contribution in [0, 0.1) is 12.8 Å². The molecule has 0 atom stereocenters. The third kappa shape index (κ3) is 2.61. The molecule has 0 aliphatic carbocycles. The van der Waals surface area contributed by atoms with Gasteiger partial charge in [0.25, 0.3) is 0 Å². The summed E-state index contributed by atoms with van der Waals surface area (Å²) < 4.78 is 0. The van der Waals surface area contributed by atoms with Crippen molar-refractivity contribution in [2.45, 2.75) is 32.1 Å². The predicted octanol–water partition coefficient (Wildman–Crippen LogP) is 2.73. The molecule has 1 saturated heterocycles. The highest BCUT2D eigenvalue weighted by Gasteiger charge is 2.07. The van der Waals surface area contributed by atoms with Crippen LogP contribution in [0.1, 0.15) is 32.1 Å². The Morgan fingerprint density at radius 3 is 2.60 bits per heavy atom. The predicted molar refractivity (Wildman–Crippen MR) is 44.8 cm³/mol. The van der Waals surface area contributed by atoms with Crippen LogP contribution in [-0.4, -0.2) is 13.1 Å². The molecule has 1 radical (unpaired) electrons. The van der Waals surface area contributed by atoms with Gasteiger partial charge in [-0.15, -0.1) is 13.1 Å². The van der Waals surface area contributed by atoms with Gasteiger partial charge in [-0.3, -0.25) is 0 Å². The molecule has 0 aromatic carbocycles. The minimum Gasteiger partial charge on any atom is -0.662 e. The Morgan fingerprint density at radius 2 is 2.00 bits per heavy atom. The zero-order valence-electron chi connectivity index (χ0n) is 6.60. The van der Waals surface area contributed by atoms with E-state index in [2.05, 4.69) is 12.2 Å². The molecule has 57 valence electrons. The first kappa shape index (κ1) is 7.93. The van der Waals surface area contributed by atoms with Crippen LogP contribution < -0.4 is 0 Å². The van der Waals surface area contributed by atoms with Gasteiger partial charge in [0.15, 0.2) is 0 Å². The number of rotatable bonds is 3. The highest BCUT2D eigenvalue weighted by molar-refractivity contribution is 5.02. The van der Waals surface area contributed by atoms with Gasteiger partial charge in [0.1, 0.15) is 0 Å². The third-order valence-corrected chi connectivity index (χ3v) is 2.03. The molecular weight excluding hydrogens is 122 g/mol. The van der Waals surface area contributed by atoms with Gasteiger partial charge < -0.3 is 5.32 Å². The van der Waals surface area contributed by atoms with Crippen molar-refractivity contribution in [2.75, 3.05) is 13.1 Å². The van der Waals surface area contributed by atoms with Crippen LogP contribution in [0.15, 0.2) is 0 Å². The Bertz CT molecular complexity index is 74.8. The first-order chi connectivity index (χ1) is 4.93. The molecule has 1 fully saturated rings. The molecule has 1 nitrogen and oxygen atoms in total. The van der Waals surface area contributed by atoms with Crippen LogP contribution in [-0.2, 0) is 0 Å². The monoisotopic (exact) mass is 138 g/mol. The first-order valence-corrected chi connectivity index (χ1v) is 4.19. The van der Waals surface area contributed by atoms with Gasteiger partial charge in [0.2, 0.25) is 0 Å². The maximum atomic E-state index is 4.30. The highest BCUT2D eigenvalue weighted by Crippen LogP contribution is 2.24. The normalized spacial score (nSPS) is 21.2. The fraction of sp³-hybridized carbons (Fsp3) is 0.778. The largest absolute Gasteiger partial charge is 0.662 e.